The molecule has 0 atom stereocenters. The standard InChI is InChI=1S/C23H21F3N4O2/c1-14(2)31-20-7-5-17(10-15(20)3)22-28-21(29-32-22)18-6-4-16(11-19(18)23(24,25)26)12-30-9-8-27-13-30/h4-11,13-14H,12H2,1-3H3. The van der Waals surface area contributed by atoms with Gasteiger partial charge in [-0.1, -0.05) is 17.3 Å². The lowest BCUT2D eigenvalue weighted by Gasteiger charge is -2.13. The Morgan fingerprint density at radius 2 is 1.94 bits per heavy atom. The van der Waals surface area contributed by atoms with Gasteiger partial charge in [-0.3, -0.25) is 0 Å². The van der Waals surface area contributed by atoms with Crippen molar-refractivity contribution in [1.29, 1.82) is 0 Å². The number of alkyl halides is 3. The fourth-order valence-electron chi connectivity index (χ4n) is 3.33. The number of ether oxygens (including phenoxy) is 1. The van der Waals surface area contributed by atoms with E-state index in [9.17, 15) is 13.2 Å². The molecule has 0 saturated carbocycles. The van der Waals surface area contributed by atoms with Gasteiger partial charge in [-0.15, -0.1) is 0 Å². The van der Waals surface area contributed by atoms with E-state index in [1.165, 1.54) is 6.07 Å². The van der Waals surface area contributed by atoms with Crippen LogP contribution in [0.4, 0.5) is 13.2 Å². The third kappa shape index (κ3) is 4.66. The SMILES string of the molecule is Cc1cc(-c2nc(-c3ccc(Cn4ccnc4)cc3C(F)(F)F)no2)ccc1OC(C)C. The Hall–Kier alpha value is -3.62. The molecule has 0 saturated heterocycles. The van der Waals surface area contributed by atoms with E-state index in [0.29, 0.717) is 11.1 Å². The first-order valence-electron chi connectivity index (χ1n) is 9.98. The highest BCUT2D eigenvalue weighted by Gasteiger charge is 2.35. The van der Waals surface area contributed by atoms with Gasteiger partial charge >= 0.3 is 6.18 Å². The van der Waals surface area contributed by atoms with E-state index < -0.39 is 11.7 Å². The van der Waals surface area contributed by atoms with Gasteiger partial charge in [-0.2, -0.15) is 18.2 Å². The molecule has 2 aromatic carbocycles. The summed E-state index contributed by atoms with van der Waals surface area (Å²) in [5.74, 6) is 0.729. The summed E-state index contributed by atoms with van der Waals surface area (Å²) in [6.45, 7) is 6.00. The summed E-state index contributed by atoms with van der Waals surface area (Å²) in [4.78, 5) is 8.14. The van der Waals surface area contributed by atoms with E-state index in [-0.39, 0.29) is 29.9 Å². The van der Waals surface area contributed by atoms with Crippen molar-refractivity contribution in [3.8, 4) is 28.6 Å². The maximum absolute atomic E-state index is 13.8. The van der Waals surface area contributed by atoms with Crippen molar-refractivity contribution >= 4 is 0 Å². The van der Waals surface area contributed by atoms with Crippen molar-refractivity contribution in [1.82, 2.24) is 19.7 Å². The number of imidazole rings is 1. The van der Waals surface area contributed by atoms with Crippen molar-refractivity contribution in [2.45, 2.75) is 39.6 Å². The molecule has 9 heteroatoms. The molecule has 2 heterocycles. The van der Waals surface area contributed by atoms with Crippen LogP contribution in [0.5, 0.6) is 5.75 Å². The zero-order valence-corrected chi connectivity index (χ0v) is 17.7. The second-order valence-corrected chi connectivity index (χ2v) is 7.68. The summed E-state index contributed by atoms with van der Waals surface area (Å²) in [6, 6.07) is 9.40. The van der Waals surface area contributed by atoms with Gasteiger partial charge in [0.05, 0.1) is 18.0 Å². The summed E-state index contributed by atoms with van der Waals surface area (Å²) in [5.41, 5.74) is 0.982. The fourth-order valence-corrected chi connectivity index (χ4v) is 3.33. The normalized spacial score (nSPS) is 11.8. The van der Waals surface area contributed by atoms with Crippen molar-refractivity contribution < 1.29 is 22.4 Å². The van der Waals surface area contributed by atoms with Gasteiger partial charge in [-0.05, 0) is 56.2 Å². The molecule has 0 N–H and O–H groups in total. The molecule has 0 fully saturated rings. The Bertz CT molecular complexity index is 1210. The van der Waals surface area contributed by atoms with Crippen LogP contribution in [0.2, 0.25) is 0 Å². The quantitative estimate of drug-likeness (QED) is 0.380. The molecule has 0 aliphatic carbocycles. The van der Waals surface area contributed by atoms with Crippen LogP contribution in [-0.2, 0) is 12.7 Å². The number of nitrogens with zero attached hydrogens (tertiary/aromatic N) is 4. The molecule has 0 bridgehead atoms. The second-order valence-electron chi connectivity index (χ2n) is 7.68. The lowest BCUT2D eigenvalue weighted by atomic mass is 10.0. The number of rotatable bonds is 6. The average Bonchev–Trinajstić information content (AvgIpc) is 3.41. The van der Waals surface area contributed by atoms with E-state index in [1.807, 2.05) is 20.8 Å². The van der Waals surface area contributed by atoms with Crippen LogP contribution in [0, 0.1) is 6.92 Å². The van der Waals surface area contributed by atoms with Crippen LogP contribution in [0.1, 0.15) is 30.5 Å². The lowest BCUT2D eigenvalue weighted by Crippen LogP contribution is -2.09. The number of hydrogen-bond donors (Lipinski definition) is 0. The molecule has 4 rings (SSSR count). The van der Waals surface area contributed by atoms with Crippen molar-refractivity contribution in [2.75, 3.05) is 0 Å². The van der Waals surface area contributed by atoms with Gasteiger partial charge in [0, 0.05) is 30.1 Å². The molecule has 2 aromatic heterocycles. The molecular weight excluding hydrogens is 421 g/mol. The lowest BCUT2D eigenvalue weighted by molar-refractivity contribution is -0.137. The number of hydrogen-bond acceptors (Lipinski definition) is 5. The zero-order chi connectivity index (χ0) is 22.9. The minimum absolute atomic E-state index is 0.0205. The second kappa shape index (κ2) is 8.49. The van der Waals surface area contributed by atoms with E-state index in [0.717, 1.165) is 17.4 Å². The van der Waals surface area contributed by atoms with Gasteiger partial charge in [0.25, 0.3) is 5.89 Å². The number of halogens is 3. The van der Waals surface area contributed by atoms with Crippen LogP contribution < -0.4 is 4.74 Å². The van der Waals surface area contributed by atoms with Gasteiger partial charge < -0.3 is 13.8 Å². The van der Waals surface area contributed by atoms with E-state index in [2.05, 4.69) is 15.1 Å². The average molecular weight is 442 g/mol. The predicted octanol–water partition coefficient (Wildman–Crippen LogP) is 5.76. The molecule has 0 aliphatic heterocycles. The molecule has 0 spiro atoms. The highest BCUT2D eigenvalue weighted by atomic mass is 19.4. The Kier molecular flexibility index (Phi) is 5.73. The fraction of sp³-hybridized carbons (Fsp3) is 0.261. The molecule has 4 aromatic rings. The summed E-state index contributed by atoms with van der Waals surface area (Å²) in [6.07, 6.45) is 0.251. The maximum Gasteiger partial charge on any atom is 0.417 e. The highest BCUT2D eigenvalue weighted by molar-refractivity contribution is 5.65. The predicted molar refractivity (Wildman–Crippen MR) is 112 cm³/mol. The largest absolute Gasteiger partial charge is 0.491 e. The molecular formula is C23H21F3N4O2. The topological polar surface area (TPSA) is 66.0 Å². The van der Waals surface area contributed by atoms with Crippen molar-refractivity contribution in [3.63, 3.8) is 0 Å². The molecule has 0 unspecified atom stereocenters. The van der Waals surface area contributed by atoms with Gasteiger partial charge in [0.15, 0.2) is 0 Å². The van der Waals surface area contributed by atoms with Crippen LogP contribution >= 0.6 is 0 Å². The first-order valence-corrected chi connectivity index (χ1v) is 9.98. The zero-order valence-electron chi connectivity index (χ0n) is 17.7. The number of aryl methyl sites for hydroxylation is 1. The van der Waals surface area contributed by atoms with Crippen LogP contribution in [0.25, 0.3) is 22.8 Å². The monoisotopic (exact) mass is 442 g/mol. The Labute approximate surface area is 182 Å². The molecule has 0 amide bonds. The first-order chi connectivity index (χ1) is 15.2. The van der Waals surface area contributed by atoms with Gasteiger partial charge in [0.1, 0.15) is 5.75 Å². The Balaban J connectivity index is 1.67. The van der Waals surface area contributed by atoms with E-state index >= 15 is 0 Å². The van der Waals surface area contributed by atoms with E-state index in [4.69, 9.17) is 9.26 Å². The first kappa shape index (κ1) is 21.6. The summed E-state index contributed by atoms with van der Waals surface area (Å²) < 4.78 is 54.1. The maximum atomic E-state index is 13.8. The Morgan fingerprint density at radius 3 is 2.59 bits per heavy atom. The summed E-state index contributed by atoms with van der Waals surface area (Å²) in [5, 5.41) is 3.81. The molecule has 0 aliphatic rings. The van der Waals surface area contributed by atoms with Crippen molar-refractivity contribution in [3.05, 3.63) is 71.8 Å². The summed E-state index contributed by atoms with van der Waals surface area (Å²) in [7, 11) is 0. The molecule has 32 heavy (non-hydrogen) atoms. The highest BCUT2D eigenvalue weighted by Crippen LogP contribution is 2.37. The number of benzene rings is 2. The van der Waals surface area contributed by atoms with E-state index in [1.54, 1.807) is 47.6 Å². The molecule has 6 nitrogen and oxygen atoms in total. The minimum atomic E-state index is -4.58. The van der Waals surface area contributed by atoms with Gasteiger partial charge in [-0.25, -0.2) is 4.98 Å². The van der Waals surface area contributed by atoms with Crippen LogP contribution in [-0.4, -0.2) is 25.8 Å². The minimum Gasteiger partial charge on any atom is -0.491 e. The smallest absolute Gasteiger partial charge is 0.417 e. The molecule has 0 radical (unpaired) electrons. The van der Waals surface area contributed by atoms with Crippen LogP contribution in [0.3, 0.4) is 0 Å². The van der Waals surface area contributed by atoms with Gasteiger partial charge in [0.2, 0.25) is 5.82 Å². The van der Waals surface area contributed by atoms with Crippen molar-refractivity contribution in [2.24, 2.45) is 0 Å². The third-order valence-corrected chi connectivity index (χ3v) is 4.77. The number of aromatic nitrogens is 4. The van der Waals surface area contributed by atoms with Crippen LogP contribution in [0.15, 0.2) is 59.6 Å². The Morgan fingerprint density at radius 1 is 1.12 bits per heavy atom. The molecule has 166 valence electrons. The third-order valence-electron chi connectivity index (χ3n) is 4.77. The summed E-state index contributed by atoms with van der Waals surface area (Å²) >= 11 is 0.